The first-order valence-electron chi connectivity index (χ1n) is 37.2. The van der Waals surface area contributed by atoms with Gasteiger partial charge in [0.25, 0.3) is 0 Å². The fourth-order valence-electron chi connectivity index (χ4n) is 12.2. The van der Waals surface area contributed by atoms with E-state index in [1.807, 2.05) is 24.3 Å². The maximum absolute atomic E-state index is 14.4. The van der Waals surface area contributed by atoms with Crippen molar-refractivity contribution < 1.29 is 47.5 Å². The molecule has 0 saturated heterocycles. The van der Waals surface area contributed by atoms with Crippen molar-refractivity contribution in [3.63, 3.8) is 0 Å². The topological polar surface area (TPSA) is 114 Å². The highest BCUT2D eigenvalue weighted by molar-refractivity contribution is 5.94. The number of carbonyl (C=O) groups excluding carboxylic acids is 2. The lowest BCUT2D eigenvalue weighted by Gasteiger charge is -2.40. The van der Waals surface area contributed by atoms with E-state index in [1.54, 1.807) is 0 Å². The first-order valence-corrected chi connectivity index (χ1v) is 37.2. The Labute approximate surface area is 559 Å². The molecule has 4 aromatic carbocycles. The van der Waals surface area contributed by atoms with Crippen LogP contribution in [0.2, 0.25) is 0 Å². The van der Waals surface area contributed by atoms with E-state index in [0.29, 0.717) is 147 Å². The SMILES string of the molecule is CCCCC(CC)COc1cc(C(=O)OCCCN2c3ccccc3N(CCCOC(=O)c3cc(OCC(CC)CCCC)c(OCC(CC)CCCC)c(OCC(CC)CCCC)c3)c3ccccc32)cc(OCC(CC)CCCC)c1OCC(CC)CCCC. The number of para-hydroxylation sites is 4. The van der Waals surface area contributed by atoms with Crippen molar-refractivity contribution in [2.45, 2.75) is 250 Å². The predicted octanol–water partition coefficient (Wildman–Crippen LogP) is 22.3. The van der Waals surface area contributed by atoms with E-state index in [4.69, 9.17) is 37.9 Å². The Bertz CT molecular complexity index is 2350. The number of unbranched alkanes of at least 4 members (excludes halogenated alkanes) is 6. The van der Waals surface area contributed by atoms with Crippen LogP contribution in [0.25, 0.3) is 0 Å². The number of esters is 2. The molecule has 5 rings (SSSR count). The van der Waals surface area contributed by atoms with Gasteiger partial charge >= 0.3 is 11.9 Å². The summed E-state index contributed by atoms with van der Waals surface area (Å²) >= 11 is 0. The Morgan fingerprint density at radius 2 is 0.554 bits per heavy atom. The smallest absolute Gasteiger partial charge is 0.338 e. The highest BCUT2D eigenvalue weighted by Gasteiger charge is 2.30. The molecule has 0 radical (unpaired) electrons. The van der Waals surface area contributed by atoms with Crippen LogP contribution >= 0.6 is 0 Å². The maximum Gasteiger partial charge on any atom is 0.338 e. The minimum atomic E-state index is -0.416. The number of hydrogen-bond acceptors (Lipinski definition) is 12. The van der Waals surface area contributed by atoms with Crippen molar-refractivity contribution in [2.75, 3.05) is 75.7 Å². The van der Waals surface area contributed by atoms with Gasteiger partial charge in [0.15, 0.2) is 23.0 Å². The second-order valence-corrected chi connectivity index (χ2v) is 26.2. The third kappa shape index (κ3) is 25.2. The molecule has 6 unspecified atom stereocenters. The van der Waals surface area contributed by atoms with Crippen LogP contribution in [0.3, 0.4) is 0 Å². The molecule has 0 aliphatic carbocycles. The second-order valence-electron chi connectivity index (χ2n) is 26.2. The summed E-state index contributed by atoms with van der Waals surface area (Å²) in [5, 5.41) is 0. The van der Waals surface area contributed by atoms with Crippen molar-refractivity contribution in [1.29, 1.82) is 0 Å². The molecule has 12 nitrogen and oxygen atoms in total. The van der Waals surface area contributed by atoms with Crippen molar-refractivity contribution in [3.8, 4) is 34.5 Å². The summed E-state index contributed by atoms with van der Waals surface area (Å²) in [5.74, 6) is 4.86. The maximum atomic E-state index is 14.4. The third-order valence-electron chi connectivity index (χ3n) is 19.0. The van der Waals surface area contributed by atoms with Gasteiger partial charge in [0, 0.05) is 13.1 Å². The van der Waals surface area contributed by atoms with E-state index >= 15 is 0 Å². The van der Waals surface area contributed by atoms with Gasteiger partial charge in [0.2, 0.25) is 11.5 Å². The summed E-state index contributed by atoms with van der Waals surface area (Å²) in [6.45, 7) is 31.6. The standard InChI is InChI=1S/C80H126N2O10/c1-13-25-37-61(19-7)55-87-73-51-67(52-74(88-56-62(20-8)38-26-14-2)77(73)91-59-65(23-11)41-29-17-5)79(83)85-49-35-47-81-69-43-31-33-45-71(69)82(72-46-34-32-44-70(72)81)48-36-50-86-80(84)68-53-75(89-57-63(21-9)39-27-15-3)78(92-60-66(24-12)42-30-18-6)76(54-68)90-58-64(22-10)40-28-16-4/h31-34,43-46,51-54,61-66H,13-30,35-42,47-50,55-60H2,1-12H3. The second kappa shape index (κ2) is 44.8. The van der Waals surface area contributed by atoms with Gasteiger partial charge in [-0.2, -0.15) is 0 Å². The van der Waals surface area contributed by atoms with Gasteiger partial charge in [-0.15, -0.1) is 0 Å². The fraction of sp³-hybridized carbons (Fsp3) is 0.675. The van der Waals surface area contributed by atoms with E-state index in [0.717, 1.165) is 177 Å². The number of nitrogens with zero attached hydrogens (tertiary/aromatic N) is 2. The molecule has 0 bridgehead atoms. The monoisotopic (exact) mass is 1270 g/mol. The van der Waals surface area contributed by atoms with Crippen LogP contribution < -0.4 is 38.2 Å². The largest absolute Gasteiger partial charge is 0.489 e. The first kappa shape index (κ1) is 76.9. The van der Waals surface area contributed by atoms with Crippen LogP contribution in [0.1, 0.15) is 271 Å². The normalized spacial score (nSPS) is 13.9. The van der Waals surface area contributed by atoms with Gasteiger partial charge in [0.1, 0.15) is 0 Å². The molecular formula is C80H126N2O10. The lowest BCUT2D eigenvalue weighted by Crippen LogP contribution is -2.31. The molecule has 0 spiro atoms. The Morgan fingerprint density at radius 3 is 0.772 bits per heavy atom. The van der Waals surface area contributed by atoms with Crippen LogP contribution in [0, 0.1) is 35.5 Å². The number of hydrogen-bond donors (Lipinski definition) is 0. The number of ether oxygens (including phenoxy) is 8. The third-order valence-corrected chi connectivity index (χ3v) is 19.0. The molecule has 1 aliphatic rings. The molecule has 0 N–H and O–H groups in total. The summed E-state index contributed by atoms with van der Waals surface area (Å²) in [7, 11) is 0. The van der Waals surface area contributed by atoms with Crippen molar-refractivity contribution in [1.82, 2.24) is 0 Å². The lowest BCUT2D eigenvalue weighted by atomic mass is 10.00. The number of fused-ring (bicyclic) bond motifs is 2. The van der Waals surface area contributed by atoms with Gasteiger partial charge in [-0.05, 0) is 135 Å². The number of rotatable bonds is 52. The summed E-state index contributed by atoms with van der Waals surface area (Å²) in [6.07, 6.45) is 27.4. The van der Waals surface area contributed by atoms with E-state index in [9.17, 15) is 9.59 Å². The first-order chi connectivity index (χ1) is 45.0. The van der Waals surface area contributed by atoms with Crippen molar-refractivity contribution >= 4 is 34.7 Å². The minimum absolute atomic E-state index is 0.213. The van der Waals surface area contributed by atoms with Crippen LogP contribution in [-0.4, -0.2) is 77.9 Å². The van der Waals surface area contributed by atoms with Gasteiger partial charge in [-0.25, -0.2) is 9.59 Å². The Hall–Kier alpha value is -5.78. The van der Waals surface area contributed by atoms with E-state index in [-0.39, 0.29) is 13.2 Å². The fourth-order valence-corrected chi connectivity index (χ4v) is 12.2. The average Bonchev–Trinajstić information content (AvgIpc) is 0.771. The molecule has 0 aromatic heterocycles. The molecule has 4 aromatic rings. The zero-order chi connectivity index (χ0) is 66.3. The van der Waals surface area contributed by atoms with Crippen LogP contribution in [0.15, 0.2) is 72.8 Å². The molecule has 6 atom stereocenters. The highest BCUT2D eigenvalue weighted by Crippen LogP contribution is 2.48. The quantitative estimate of drug-likeness (QED) is 0.0310. The predicted molar refractivity (Wildman–Crippen MR) is 382 cm³/mol. The van der Waals surface area contributed by atoms with Crippen LogP contribution in [0.4, 0.5) is 22.7 Å². The summed E-state index contributed by atoms with van der Waals surface area (Å²) in [6, 6.07) is 24.2. The Morgan fingerprint density at radius 1 is 0.326 bits per heavy atom. The summed E-state index contributed by atoms with van der Waals surface area (Å²) < 4.78 is 52.8. The molecule has 1 aliphatic heterocycles. The van der Waals surface area contributed by atoms with Crippen LogP contribution in [-0.2, 0) is 9.47 Å². The molecular weight excluding hydrogens is 1150 g/mol. The lowest BCUT2D eigenvalue weighted by molar-refractivity contribution is 0.0492. The highest BCUT2D eigenvalue weighted by atomic mass is 16.6. The minimum Gasteiger partial charge on any atom is -0.489 e. The average molecular weight is 1280 g/mol. The van der Waals surface area contributed by atoms with E-state index < -0.39 is 11.9 Å². The Balaban J connectivity index is 1.34. The molecule has 92 heavy (non-hydrogen) atoms. The summed E-state index contributed by atoms with van der Waals surface area (Å²) in [4.78, 5) is 33.4. The van der Waals surface area contributed by atoms with Crippen molar-refractivity contribution in [2.24, 2.45) is 35.5 Å². The molecule has 516 valence electrons. The zero-order valence-electron chi connectivity index (χ0n) is 59.8. The van der Waals surface area contributed by atoms with E-state index in [1.165, 1.54) is 0 Å². The number of benzene rings is 4. The molecule has 1 heterocycles. The van der Waals surface area contributed by atoms with Gasteiger partial charge in [0.05, 0.1) is 86.7 Å². The van der Waals surface area contributed by atoms with E-state index in [2.05, 4.69) is 141 Å². The summed E-state index contributed by atoms with van der Waals surface area (Å²) in [5.41, 5.74) is 5.02. The molecule has 0 saturated carbocycles. The van der Waals surface area contributed by atoms with Gasteiger partial charge < -0.3 is 47.7 Å². The molecule has 0 amide bonds. The van der Waals surface area contributed by atoms with Gasteiger partial charge in [-0.1, -0.05) is 223 Å². The Kier molecular flexibility index (Phi) is 37.4. The van der Waals surface area contributed by atoms with Crippen LogP contribution in [0.5, 0.6) is 34.5 Å². The molecule has 12 heteroatoms. The number of carbonyl (C=O) groups is 2. The van der Waals surface area contributed by atoms with Gasteiger partial charge in [-0.3, -0.25) is 0 Å². The molecule has 0 fully saturated rings. The zero-order valence-corrected chi connectivity index (χ0v) is 59.8. The number of anilines is 4. The van der Waals surface area contributed by atoms with Crippen molar-refractivity contribution in [3.05, 3.63) is 83.9 Å².